The number of amides is 1. The van der Waals surface area contributed by atoms with Crippen molar-refractivity contribution < 1.29 is 9.90 Å². The molecule has 0 aromatic carbocycles. The van der Waals surface area contributed by atoms with Crippen molar-refractivity contribution in [3.05, 3.63) is 21.9 Å². The Kier molecular flexibility index (Phi) is 3.01. The van der Waals surface area contributed by atoms with E-state index in [1.807, 2.05) is 0 Å². The van der Waals surface area contributed by atoms with Crippen LogP contribution >= 0.6 is 23.2 Å². The smallest absolute Gasteiger partial charge is 0.255 e. The summed E-state index contributed by atoms with van der Waals surface area (Å²) < 4.78 is 0. The summed E-state index contributed by atoms with van der Waals surface area (Å²) in [5.74, 6) is -0.395. The van der Waals surface area contributed by atoms with Crippen LogP contribution in [0.2, 0.25) is 10.3 Å². The molecule has 5 nitrogen and oxygen atoms in total. The van der Waals surface area contributed by atoms with E-state index in [1.165, 1.54) is 6.07 Å². The number of carbonyl (C=O) groups excluding carboxylic acids is 1. The van der Waals surface area contributed by atoms with Crippen LogP contribution in [0.5, 0.6) is 0 Å². The van der Waals surface area contributed by atoms with Crippen molar-refractivity contribution in [2.45, 2.75) is 18.4 Å². The average molecular weight is 262 g/mol. The second-order valence-electron chi connectivity index (χ2n) is 3.76. The predicted molar refractivity (Wildman–Crippen MR) is 58.6 cm³/mol. The second kappa shape index (κ2) is 4.16. The number of carbonyl (C=O) groups is 1. The summed E-state index contributed by atoms with van der Waals surface area (Å²) in [4.78, 5) is 11.8. The first-order chi connectivity index (χ1) is 7.56. The molecule has 2 N–H and O–H groups in total. The molecule has 1 aliphatic carbocycles. The Morgan fingerprint density at radius 2 is 2.19 bits per heavy atom. The van der Waals surface area contributed by atoms with Crippen LogP contribution in [0.3, 0.4) is 0 Å². The van der Waals surface area contributed by atoms with Gasteiger partial charge >= 0.3 is 0 Å². The van der Waals surface area contributed by atoms with Crippen LogP contribution in [-0.2, 0) is 0 Å². The van der Waals surface area contributed by atoms with Gasteiger partial charge in [-0.05, 0) is 18.9 Å². The summed E-state index contributed by atoms with van der Waals surface area (Å²) in [7, 11) is 0. The van der Waals surface area contributed by atoms with E-state index in [1.54, 1.807) is 0 Å². The fraction of sp³-hybridized carbons (Fsp3) is 0.444. The SMILES string of the molecule is O=C(NC1(CO)CC1)c1cc(Cl)nnc1Cl. The molecule has 86 valence electrons. The Bertz CT molecular complexity index is 435. The van der Waals surface area contributed by atoms with Gasteiger partial charge in [0.1, 0.15) is 0 Å². The molecule has 16 heavy (non-hydrogen) atoms. The number of rotatable bonds is 3. The Morgan fingerprint density at radius 3 is 2.75 bits per heavy atom. The lowest BCUT2D eigenvalue weighted by Gasteiger charge is -2.14. The van der Waals surface area contributed by atoms with Crippen LogP contribution in [0.1, 0.15) is 23.2 Å². The van der Waals surface area contributed by atoms with Crippen molar-refractivity contribution in [2.75, 3.05) is 6.61 Å². The molecule has 1 aromatic rings. The van der Waals surface area contributed by atoms with Crippen LogP contribution in [-0.4, -0.2) is 33.4 Å². The molecule has 0 atom stereocenters. The lowest BCUT2D eigenvalue weighted by Crippen LogP contribution is -2.39. The minimum absolute atomic E-state index is 0.00404. The molecule has 7 heteroatoms. The quantitative estimate of drug-likeness (QED) is 0.853. The normalized spacial score (nSPS) is 16.9. The third kappa shape index (κ3) is 2.26. The molecule has 0 unspecified atom stereocenters. The number of nitrogens with zero attached hydrogens (tertiary/aromatic N) is 2. The molecule has 1 aromatic heterocycles. The third-order valence-electron chi connectivity index (χ3n) is 2.50. The maximum absolute atomic E-state index is 11.8. The fourth-order valence-electron chi connectivity index (χ4n) is 1.29. The average Bonchev–Trinajstić information content (AvgIpc) is 3.02. The summed E-state index contributed by atoms with van der Waals surface area (Å²) in [5, 5.41) is 18.9. The van der Waals surface area contributed by atoms with Crippen LogP contribution < -0.4 is 5.32 Å². The highest BCUT2D eigenvalue weighted by Gasteiger charge is 2.43. The van der Waals surface area contributed by atoms with E-state index in [-0.39, 0.29) is 22.5 Å². The molecule has 1 saturated carbocycles. The minimum atomic E-state index is -0.490. The molecule has 0 saturated heterocycles. The molecule has 0 bridgehead atoms. The third-order valence-corrected chi connectivity index (χ3v) is 2.96. The summed E-state index contributed by atoms with van der Waals surface area (Å²) in [6.45, 7) is -0.0808. The Labute approximate surface area is 102 Å². The lowest BCUT2D eigenvalue weighted by atomic mass is 10.2. The van der Waals surface area contributed by atoms with Gasteiger partial charge in [0.05, 0.1) is 17.7 Å². The van der Waals surface area contributed by atoms with E-state index in [9.17, 15) is 4.79 Å². The highest BCUT2D eigenvalue weighted by Crippen LogP contribution is 2.35. The van der Waals surface area contributed by atoms with Crippen molar-refractivity contribution in [3.8, 4) is 0 Å². The van der Waals surface area contributed by atoms with E-state index < -0.39 is 11.4 Å². The molecule has 1 heterocycles. The zero-order valence-electron chi connectivity index (χ0n) is 8.20. The van der Waals surface area contributed by atoms with E-state index in [0.717, 1.165) is 12.8 Å². The standard InChI is InChI=1S/C9H9Cl2N3O2/c10-6-3-5(7(11)14-13-6)8(16)12-9(4-15)1-2-9/h3,15H,1-2,4H2,(H,12,16). The van der Waals surface area contributed by atoms with Gasteiger partial charge in [-0.2, -0.15) is 0 Å². The number of nitrogens with one attached hydrogen (secondary N) is 1. The topological polar surface area (TPSA) is 75.1 Å². The molecule has 1 fully saturated rings. The van der Waals surface area contributed by atoms with Crippen molar-refractivity contribution in [3.63, 3.8) is 0 Å². The van der Waals surface area contributed by atoms with Gasteiger partial charge in [0.2, 0.25) is 0 Å². The summed E-state index contributed by atoms with van der Waals surface area (Å²) >= 11 is 11.3. The monoisotopic (exact) mass is 261 g/mol. The van der Waals surface area contributed by atoms with Gasteiger partial charge in [0.25, 0.3) is 5.91 Å². The largest absolute Gasteiger partial charge is 0.394 e. The fourth-order valence-corrected chi connectivity index (χ4v) is 1.62. The molecule has 0 radical (unpaired) electrons. The number of halogens is 2. The first kappa shape index (κ1) is 11.6. The summed E-state index contributed by atoms with van der Waals surface area (Å²) in [5.41, 5.74) is -0.322. The van der Waals surface area contributed by atoms with Crippen molar-refractivity contribution in [1.82, 2.24) is 15.5 Å². The maximum Gasteiger partial charge on any atom is 0.255 e. The molecule has 0 aliphatic heterocycles. The number of hydrogen-bond donors (Lipinski definition) is 2. The molecule has 1 aliphatic rings. The molecular weight excluding hydrogens is 253 g/mol. The zero-order chi connectivity index (χ0) is 11.8. The van der Waals surface area contributed by atoms with Crippen molar-refractivity contribution in [1.29, 1.82) is 0 Å². The van der Waals surface area contributed by atoms with Crippen molar-refractivity contribution in [2.24, 2.45) is 0 Å². The number of hydrogen-bond acceptors (Lipinski definition) is 4. The van der Waals surface area contributed by atoms with Gasteiger partial charge in [-0.25, -0.2) is 0 Å². The summed E-state index contributed by atoms with van der Waals surface area (Å²) in [6.07, 6.45) is 1.53. The first-order valence-electron chi connectivity index (χ1n) is 4.68. The van der Waals surface area contributed by atoms with Crippen molar-refractivity contribution >= 4 is 29.1 Å². The van der Waals surface area contributed by atoms with Gasteiger partial charge in [-0.15, -0.1) is 10.2 Å². The van der Waals surface area contributed by atoms with Crippen LogP contribution in [0.25, 0.3) is 0 Å². The van der Waals surface area contributed by atoms with Crippen LogP contribution in [0.15, 0.2) is 6.07 Å². The Balaban J connectivity index is 2.17. The highest BCUT2D eigenvalue weighted by molar-refractivity contribution is 6.34. The van der Waals surface area contributed by atoms with E-state index >= 15 is 0 Å². The zero-order valence-corrected chi connectivity index (χ0v) is 9.72. The lowest BCUT2D eigenvalue weighted by molar-refractivity contribution is 0.0906. The minimum Gasteiger partial charge on any atom is -0.394 e. The second-order valence-corrected chi connectivity index (χ2v) is 4.51. The van der Waals surface area contributed by atoms with Gasteiger partial charge in [0, 0.05) is 0 Å². The Hall–Kier alpha value is -0.910. The first-order valence-corrected chi connectivity index (χ1v) is 5.44. The highest BCUT2D eigenvalue weighted by atomic mass is 35.5. The molecule has 0 spiro atoms. The van der Waals surface area contributed by atoms with Gasteiger partial charge in [-0.3, -0.25) is 4.79 Å². The molecule has 2 rings (SSSR count). The van der Waals surface area contributed by atoms with Gasteiger partial charge in [0.15, 0.2) is 10.3 Å². The van der Waals surface area contributed by atoms with Gasteiger partial charge < -0.3 is 10.4 Å². The Morgan fingerprint density at radius 1 is 1.50 bits per heavy atom. The summed E-state index contributed by atoms with van der Waals surface area (Å²) in [6, 6.07) is 1.35. The van der Waals surface area contributed by atoms with E-state index in [2.05, 4.69) is 15.5 Å². The van der Waals surface area contributed by atoms with Crippen LogP contribution in [0.4, 0.5) is 0 Å². The number of aliphatic hydroxyl groups excluding tert-OH is 1. The maximum atomic E-state index is 11.8. The number of aliphatic hydroxyl groups is 1. The van der Waals surface area contributed by atoms with E-state index in [0.29, 0.717) is 0 Å². The van der Waals surface area contributed by atoms with Crippen LogP contribution in [0, 0.1) is 0 Å². The van der Waals surface area contributed by atoms with Gasteiger partial charge in [-0.1, -0.05) is 23.2 Å². The predicted octanol–water partition coefficient (Wildman–Crippen LogP) is 1.04. The molecular formula is C9H9Cl2N3O2. The number of aromatic nitrogens is 2. The molecule has 1 amide bonds. The van der Waals surface area contributed by atoms with E-state index in [4.69, 9.17) is 28.3 Å².